The minimum atomic E-state index is -4.52. The second-order valence-electron chi connectivity index (χ2n) is 7.51. The van der Waals surface area contributed by atoms with E-state index in [2.05, 4.69) is 5.32 Å². The van der Waals surface area contributed by atoms with Crippen LogP contribution in [0.2, 0.25) is 5.02 Å². The molecule has 0 aromatic heterocycles. The summed E-state index contributed by atoms with van der Waals surface area (Å²) in [5.41, 5.74) is 0.493. The Labute approximate surface area is 193 Å². The third kappa shape index (κ3) is 4.84. The van der Waals surface area contributed by atoms with E-state index in [0.29, 0.717) is 29.1 Å². The molecule has 0 radical (unpaired) electrons. The van der Waals surface area contributed by atoms with Crippen molar-refractivity contribution in [1.29, 1.82) is 0 Å². The van der Waals surface area contributed by atoms with Gasteiger partial charge in [0.15, 0.2) is 0 Å². The number of alkyl halides is 3. The van der Waals surface area contributed by atoms with E-state index in [1.54, 1.807) is 12.1 Å². The monoisotopic (exact) mass is 494 g/mol. The molecule has 0 atom stereocenters. The molecule has 3 aromatic carbocycles. The molecule has 0 aliphatic carbocycles. The Hall–Kier alpha value is -3.04. The molecular weight excluding hydrogens is 477 g/mol. The lowest BCUT2D eigenvalue weighted by atomic mass is 10.0. The second-order valence-corrected chi connectivity index (χ2v) is 9.81. The molecule has 0 fully saturated rings. The number of carbonyl (C=O) groups is 1. The van der Waals surface area contributed by atoms with Gasteiger partial charge in [-0.2, -0.15) is 13.2 Å². The van der Waals surface area contributed by atoms with Gasteiger partial charge in [-0.3, -0.25) is 9.10 Å². The Morgan fingerprint density at radius 1 is 1.00 bits per heavy atom. The molecule has 1 amide bonds. The van der Waals surface area contributed by atoms with Gasteiger partial charge >= 0.3 is 6.18 Å². The quantitative estimate of drug-likeness (QED) is 0.502. The maximum absolute atomic E-state index is 13.1. The van der Waals surface area contributed by atoms with Gasteiger partial charge in [-0.05, 0) is 79.1 Å². The molecule has 1 heterocycles. The van der Waals surface area contributed by atoms with E-state index in [1.807, 2.05) is 0 Å². The van der Waals surface area contributed by atoms with Gasteiger partial charge in [-0.1, -0.05) is 17.7 Å². The molecule has 33 heavy (non-hydrogen) atoms. The third-order valence-electron chi connectivity index (χ3n) is 5.27. The summed E-state index contributed by atoms with van der Waals surface area (Å²) in [5, 5.41) is 2.89. The van der Waals surface area contributed by atoms with Gasteiger partial charge in [-0.15, -0.1) is 0 Å². The number of rotatable bonds is 4. The minimum absolute atomic E-state index is 0.0134. The summed E-state index contributed by atoms with van der Waals surface area (Å²) in [6.07, 6.45) is -3.41. The zero-order valence-electron chi connectivity index (χ0n) is 17.1. The Morgan fingerprint density at radius 3 is 2.42 bits per heavy atom. The Morgan fingerprint density at radius 2 is 1.73 bits per heavy atom. The van der Waals surface area contributed by atoms with Crippen LogP contribution in [0.3, 0.4) is 0 Å². The average Bonchev–Trinajstić information content (AvgIpc) is 2.78. The van der Waals surface area contributed by atoms with E-state index in [4.69, 9.17) is 11.6 Å². The summed E-state index contributed by atoms with van der Waals surface area (Å²) in [6, 6.07) is 14.8. The number of nitrogens with one attached hydrogen (secondary N) is 1. The molecular formula is C23H18ClF3N2O3S. The predicted octanol–water partition coefficient (Wildman–Crippen LogP) is 5.75. The first-order valence-electron chi connectivity index (χ1n) is 9.95. The molecule has 0 spiro atoms. The van der Waals surface area contributed by atoms with Crippen molar-refractivity contribution in [2.75, 3.05) is 16.2 Å². The van der Waals surface area contributed by atoms with Gasteiger partial charge in [0.25, 0.3) is 15.9 Å². The van der Waals surface area contributed by atoms with Gasteiger partial charge in [-0.25, -0.2) is 8.42 Å². The van der Waals surface area contributed by atoms with E-state index >= 15 is 0 Å². The van der Waals surface area contributed by atoms with Crippen LogP contribution in [0.25, 0.3) is 0 Å². The van der Waals surface area contributed by atoms with Crippen molar-refractivity contribution in [3.63, 3.8) is 0 Å². The Bertz CT molecular complexity index is 1310. The summed E-state index contributed by atoms with van der Waals surface area (Å²) in [6.45, 7) is 0.285. The lowest BCUT2D eigenvalue weighted by molar-refractivity contribution is -0.137. The van der Waals surface area contributed by atoms with Crippen LogP contribution in [-0.4, -0.2) is 20.9 Å². The van der Waals surface area contributed by atoms with Crippen LogP contribution in [0.5, 0.6) is 0 Å². The number of carbonyl (C=O) groups excluding carboxylic acids is 1. The van der Waals surface area contributed by atoms with Gasteiger partial charge < -0.3 is 5.32 Å². The zero-order chi connectivity index (χ0) is 23.8. The topological polar surface area (TPSA) is 66.5 Å². The van der Waals surface area contributed by atoms with Gasteiger partial charge in [0.1, 0.15) is 0 Å². The summed E-state index contributed by atoms with van der Waals surface area (Å²) in [4.78, 5) is 12.8. The minimum Gasteiger partial charge on any atom is -0.322 e. The van der Waals surface area contributed by atoms with Crippen molar-refractivity contribution in [3.8, 4) is 0 Å². The van der Waals surface area contributed by atoms with Crippen LogP contribution >= 0.6 is 11.6 Å². The van der Waals surface area contributed by atoms with Crippen LogP contribution in [0.15, 0.2) is 71.6 Å². The third-order valence-corrected chi connectivity index (χ3v) is 7.35. The van der Waals surface area contributed by atoms with Crippen LogP contribution in [-0.2, 0) is 22.6 Å². The highest BCUT2D eigenvalue weighted by atomic mass is 35.5. The van der Waals surface area contributed by atoms with E-state index in [0.717, 1.165) is 12.1 Å². The predicted molar refractivity (Wildman–Crippen MR) is 120 cm³/mol. The van der Waals surface area contributed by atoms with E-state index < -0.39 is 27.7 Å². The lowest BCUT2D eigenvalue weighted by Gasteiger charge is -2.30. The Balaban J connectivity index is 1.60. The maximum Gasteiger partial charge on any atom is 0.416 e. The van der Waals surface area contributed by atoms with Crippen LogP contribution in [0, 0.1) is 0 Å². The van der Waals surface area contributed by atoms with E-state index in [-0.39, 0.29) is 22.7 Å². The van der Waals surface area contributed by atoms with Crippen LogP contribution in [0.1, 0.15) is 27.9 Å². The average molecular weight is 495 g/mol. The number of benzene rings is 3. The summed E-state index contributed by atoms with van der Waals surface area (Å²) >= 11 is 5.86. The normalized spacial score (nSPS) is 14.0. The molecule has 10 heteroatoms. The zero-order valence-corrected chi connectivity index (χ0v) is 18.6. The largest absolute Gasteiger partial charge is 0.416 e. The first kappa shape index (κ1) is 23.1. The molecule has 5 nitrogen and oxygen atoms in total. The molecule has 0 saturated heterocycles. The molecule has 1 aliphatic rings. The number of fused-ring (bicyclic) bond motifs is 1. The number of nitrogens with zero attached hydrogens (tertiary/aromatic N) is 1. The Kier molecular flexibility index (Phi) is 6.11. The van der Waals surface area contributed by atoms with Crippen LogP contribution < -0.4 is 9.62 Å². The van der Waals surface area contributed by atoms with Crippen LogP contribution in [0.4, 0.5) is 24.5 Å². The summed E-state index contributed by atoms with van der Waals surface area (Å²) < 4.78 is 66.3. The lowest BCUT2D eigenvalue weighted by Crippen LogP contribution is -2.35. The molecule has 1 aliphatic heterocycles. The summed E-state index contributed by atoms with van der Waals surface area (Å²) in [5.74, 6) is -0.588. The smallest absolute Gasteiger partial charge is 0.322 e. The highest BCUT2D eigenvalue weighted by molar-refractivity contribution is 7.92. The molecule has 3 aromatic rings. The number of sulfonamides is 1. The number of amides is 1. The highest BCUT2D eigenvalue weighted by Crippen LogP contribution is 2.34. The highest BCUT2D eigenvalue weighted by Gasteiger charge is 2.31. The summed E-state index contributed by atoms with van der Waals surface area (Å²) in [7, 11) is -3.83. The van der Waals surface area contributed by atoms with Gasteiger partial charge in [0.05, 0.1) is 16.1 Å². The second kappa shape index (κ2) is 8.72. The fourth-order valence-electron chi connectivity index (χ4n) is 3.66. The van der Waals surface area contributed by atoms with Crippen molar-refractivity contribution in [2.24, 2.45) is 0 Å². The van der Waals surface area contributed by atoms with Crippen molar-refractivity contribution >= 4 is 38.9 Å². The van der Waals surface area contributed by atoms with E-state index in [9.17, 15) is 26.4 Å². The first-order valence-corrected chi connectivity index (χ1v) is 11.8. The number of hydrogen-bond donors (Lipinski definition) is 1. The number of halogens is 4. The SMILES string of the molecule is O=C(Nc1cccc(C(F)(F)F)c1)c1ccc2c(c1)CCCN2S(=O)(=O)c1ccc(Cl)cc1. The van der Waals surface area contributed by atoms with Crippen molar-refractivity contribution < 1.29 is 26.4 Å². The van der Waals surface area contributed by atoms with Crippen molar-refractivity contribution in [1.82, 2.24) is 0 Å². The fraction of sp³-hybridized carbons (Fsp3) is 0.174. The fourth-order valence-corrected chi connectivity index (χ4v) is 5.33. The number of hydrogen-bond acceptors (Lipinski definition) is 3. The van der Waals surface area contributed by atoms with Gasteiger partial charge in [0.2, 0.25) is 0 Å². The number of aryl methyl sites for hydroxylation is 1. The van der Waals surface area contributed by atoms with Crippen molar-refractivity contribution in [3.05, 3.63) is 88.4 Å². The first-order chi connectivity index (χ1) is 15.6. The molecule has 172 valence electrons. The molecule has 1 N–H and O–H groups in total. The molecule has 0 bridgehead atoms. The number of anilines is 2. The van der Waals surface area contributed by atoms with Crippen molar-refractivity contribution in [2.45, 2.75) is 23.9 Å². The van der Waals surface area contributed by atoms with E-state index in [1.165, 1.54) is 46.8 Å². The van der Waals surface area contributed by atoms with Gasteiger partial charge in [0, 0.05) is 22.8 Å². The molecule has 0 saturated carbocycles. The maximum atomic E-state index is 13.1. The molecule has 0 unspecified atom stereocenters. The standard InChI is InChI=1S/C23H18ClF3N2O3S/c24-18-7-9-20(10-8-18)33(31,32)29-12-2-3-15-13-16(6-11-21(15)29)22(30)28-19-5-1-4-17(14-19)23(25,26)27/h1,4-11,13-14H,2-3,12H2,(H,28,30). The molecule has 4 rings (SSSR count).